The van der Waals surface area contributed by atoms with Gasteiger partial charge in [0.2, 0.25) is 5.91 Å². The average Bonchev–Trinajstić information content (AvgIpc) is 2.74. The molecule has 1 heterocycles. The minimum atomic E-state index is -1.13. The van der Waals surface area contributed by atoms with Crippen LogP contribution >= 0.6 is 0 Å². The number of carbonyl (C=O) groups excluding carboxylic acids is 1. The summed E-state index contributed by atoms with van der Waals surface area (Å²) in [7, 11) is 0. The van der Waals surface area contributed by atoms with E-state index in [1.807, 2.05) is 60.7 Å². The Kier molecular flexibility index (Phi) is 7.74. The van der Waals surface area contributed by atoms with Crippen LogP contribution in [0.1, 0.15) is 18.1 Å². The molecule has 0 radical (unpaired) electrons. The van der Waals surface area contributed by atoms with E-state index in [9.17, 15) is 15.0 Å². The highest BCUT2D eigenvalue weighted by Crippen LogP contribution is 2.26. The van der Waals surface area contributed by atoms with E-state index in [4.69, 9.17) is 14.2 Å². The van der Waals surface area contributed by atoms with E-state index in [-0.39, 0.29) is 19.1 Å². The molecule has 1 amide bonds. The molecule has 3 unspecified atom stereocenters. The number of aliphatic hydroxyl groups is 2. The van der Waals surface area contributed by atoms with Crippen molar-refractivity contribution in [1.29, 1.82) is 0 Å². The summed E-state index contributed by atoms with van der Waals surface area (Å²) in [4.78, 5) is 11.8. The highest BCUT2D eigenvalue weighted by Gasteiger charge is 2.46. The van der Waals surface area contributed by atoms with E-state index >= 15 is 0 Å². The number of benzene rings is 2. The Morgan fingerprint density at radius 1 is 1.00 bits per heavy atom. The van der Waals surface area contributed by atoms with Gasteiger partial charge >= 0.3 is 0 Å². The van der Waals surface area contributed by atoms with Crippen LogP contribution in [0.2, 0.25) is 0 Å². The fourth-order valence-corrected chi connectivity index (χ4v) is 3.32. The van der Waals surface area contributed by atoms with E-state index < -0.39 is 37.3 Å². The Morgan fingerprint density at radius 3 is 2.07 bits per heavy atom. The number of amides is 1. The van der Waals surface area contributed by atoms with Gasteiger partial charge in [0.05, 0.1) is 19.8 Å². The number of ether oxygens (including phenoxy) is 3. The molecular formula is C22H27NO6. The van der Waals surface area contributed by atoms with Crippen molar-refractivity contribution in [1.82, 2.24) is 5.32 Å². The molecule has 2 aromatic carbocycles. The number of hydrogen-bond donors (Lipinski definition) is 3. The van der Waals surface area contributed by atoms with Crippen molar-refractivity contribution in [3.8, 4) is 0 Å². The Bertz CT molecular complexity index is 756. The molecule has 156 valence electrons. The topological polar surface area (TPSA) is 97.3 Å². The number of rotatable bonds is 8. The zero-order valence-electron chi connectivity index (χ0n) is 16.3. The lowest BCUT2D eigenvalue weighted by Gasteiger charge is -2.44. The van der Waals surface area contributed by atoms with Gasteiger partial charge in [0, 0.05) is 6.92 Å². The molecule has 29 heavy (non-hydrogen) atoms. The van der Waals surface area contributed by atoms with Crippen LogP contribution in [0, 0.1) is 0 Å². The average molecular weight is 401 g/mol. The van der Waals surface area contributed by atoms with Gasteiger partial charge in [-0.2, -0.15) is 0 Å². The highest BCUT2D eigenvalue weighted by atomic mass is 16.7. The molecule has 7 heteroatoms. The summed E-state index contributed by atoms with van der Waals surface area (Å²) < 4.78 is 17.6. The zero-order valence-corrected chi connectivity index (χ0v) is 16.3. The van der Waals surface area contributed by atoms with E-state index in [0.717, 1.165) is 11.1 Å². The van der Waals surface area contributed by atoms with Crippen molar-refractivity contribution in [3.63, 3.8) is 0 Å². The number of hydrogen-bond acceptors (Lipinski definition) is 6. The van der Waals surface area contributed by atoms with E-state index in [2.05, 4.69) is 5.32 Å². The third kappa shape index (κ3) is 5.85. The minimum absolute atomic E-state index is 0.238. The molecule has 1 saturated heterocycles. The molecule has 7 nitrogen and oxygen atoms in total. The predicted octanol–water partition coefficient (Wildman–Crippen LogP) is 1.37. The Hall–Kier alpha value is -2.29. The summed E-state index contributed by atoms with van der Waals surface area (Å²) in [5, 5.41) is 23.1. The standard InChI is InChI=1S/C22H27NO6/c1-15(25)23-19-21(27-13-16-8-4-2-5-9-16)20(26)18(12-24)29-22(19)28-14-17-10-6-3-7-11-17/h2-11,18-22,24,26H,12-14H2,1H3,(H,23,25)/t18?,19?,20-,21?,22-/m1/s1. The first kappa shape index (κ1) is 21.4. The molecule has 1 aliphatic heterocycles. The van der Waals surface area contributed by atoms with Crippen LogP contribution in [0.25, 0.3) is 0 Å². The van der Waals surface area contributed by atoms with Gasteiger partial charge in [-0.1, -0.05) is 60.7 Å². The van der Waals surface area contributed by atoms with Gasteiger partial charge in [-0.15, -0.1) is 0 Å². The number of carbonyl (C=O) groups is 1. The van der Waals surface area contributed by atoms with Gasteiger partial charge in [0.25, 0.3) is 0 Å². The van der Waals surface area contributed by atoms with Crippen LogP contribution < -0.4 is 5.32 Å². The third-order valence-electron chi connectivity index (χ3n) is 4.77. The van der Waals surface area contributed by atoms with Crippen LogP contribution in [-0.4, -0.2) is 53.4 Å². The normalized spacial score (nSPS) is 26.8. The fourth-order valence-electron chi connectivity index (χ4n) is 3.32. The first-order valence-electron chi connectivity index (χ1n) is 9.61. The lowest BCUT2D eigenvalue weighted by atomic mass is 9.96. The SMILES string of the molecule is CC(=O)NC1C(OCc2ccccc2)[C@H](O)C(CO)O[C@H]1OCc1ccccc1. The second kappa shape index (κ2) is 10.5. The summed E-state index contributed by atoms with van der Waals surface area (Å²) in [5.41, 5.74) is 1.86. The Morgan fingerprint density at radius 2 is 1.55 bits per heavy atom. The molecule has 1 aliphatic rings. The molecule has 0 aliphatic carbocycles. The fraction of sp³-hybridized carbons (Fsp3) is 0.409. The van der Waals surface area contributed by atoms with Crippen molar-refractivity contribution in [2.24, 2.45) is 0 Å². The molecule has 0 aromatic heterocycles. The van der Waals surface area contributed by atoms with Gasteiger partial charge in [-0.25, -0.2) is 0 Å². The first-order chi connectivity index (χ1) is 14.1. The van der Waals surface area contributed by atoms with Crippen LogP contribution in [0.5, 0.6) is 0 Å². The van der Waals surface area contributed by atoms with Crippen molar-refractivity contribution < 1.29 is 29.2 Å². The zero-order chi connectivity index (χ0) is 20.6. The molecule has 5 atom stereocenters. The molecule has 1 fully saturated rings. The molecule has 3 N–H and O–H groups in total. The second-order valence-electron chi connectivity index (χ2n) is 7.00. The van der Waals surface area contributed by atoms with E-state index in [1.165, 1.54) is 6.92 Å². The summed E-state index contributed by atoms with van der Waals surface area (Å²) in [6, 6.07) is 18.3. The minimum Gasteiger partial charge on any atom is -0.394 e. The largest absolute Gasteiger partial charge is 0.394 e. The van der Waals surface area contributed by atoms with Crippen molar-refractivity contribution in [3.05, 3.63) is 71.8 Å². The molecular weight excluding hydrogens is 374 g/mol. The summed E-state index contributed by atoms with van der Waals surface area (Å²) in [5.74, 6) is -0.296. The van der Waals surface area contributed by atoms with Crippen molar-refractivity contribution in [2.45, 2.75) is 50.8 Å². The number of nitrogens with one attached hydrogen (secondary N) is 1. The predicted molar refractivity (Wildman–Crippen MR) is 106 cm³/mol. The summed E-state index contributed by atoms with van der Waals surface area (Å²) in [6.07, 6.45) is -3.72. The monoisotopic (exact) mass is 401 g/mol. The van der Waals surface area contributed by atoms with Crippen molar-refractivity contribution >= 4 is 5.91 Å². The van der Waals surface area contributed by atoms with E-state index in [1.54, 1.807) is 0 Å². The van der Waals surface area contributed by atoms with Gasteiger partial charge < -0.3 is 29.7 Å². The number of aliphatic hydroxyl groups excluding tert-OH is 2. The molecule has 0 saturated carbocycles. The summed E-state index contributed by atoms with van der Waals surface area (Å²) >= 11 is 0. The lowest BCUT2D eigenvalue weighted by molar-refractivity contribution is -0.281. The molecule has 2 aromatic rings. The molecule has 0 bridgehead atoms. The van der Waals surface area contributed by atoms with Crippen LogP contribution in [0.3, 0.4) is 0 Å². The highest BCUT2D eigenvalue weighted by molar-refractivity contribution is 5.73. The smallest absolute Gasteiger partial charge is 0.217 e. The quantitative estimate of drug-likeness (QED) is 0.618. The van der Waals surface area contributed by atoms with Gasteiger partial charge in [0.15, 0.2) is 6.29 Å². The van der Waals surface area contributed by atoms with Gasteiger partial charge in [0.1, 0.15) is 24.4 Å². The second-order valence-corrected chi connectivity index (χ2v) is 7.00. The summed E-state index contributed by atoms with van der Waals surface area (Å²) in [6.45, 7) is 1.47. The lowest BCUT2D eigenvalue weighted by Crippen LogP contribution is -2.65. The molecule has 3 rings (SSSR count). The van der Waals surface area contributed by atoms with Gasteiger partial charge in [-0.3, -0.25) is 4.79 Å². The third-order valence-corrected chi connectivity index (χ3v) is 4.77. The maximum Gasteiger partial charge on any atom is 0.217 e. The van der Waals surface area contributed by atoms with E-state index in [0.29, 0.717) is 0 Å². The maximum absolute atomic E-state index is 11.8. The van der Waals surface area contributed by atoms with Crippen molar-refractivity contribution in [2.75, 3.05) is 6.61 Å². The van der Waals surface area contributed by atoms with Crippen LogP contribution in [0.15, 0.2) is 60.7 Å². The van der Waals surface area contributed by atoms with Crippen LogP contribution in [0.4, 0.5) is 0 Å². The maximum atomic E-state index is 11.8. The van der Waals surface area contributed by atoms with Crippen LogP contribution in [-0.2, 0) is 32.2 Å². The first-order valence-corrected chi connectivity index (χ1v) is 9.61. The molecule has 0 spiro atoms. The Labute approximate surface area is 170 Å². The Balaban J connectivity index is 1.76. The van der Waals surface area contributed by atoms with Gasteiger partial charge in [-0.05, 0) is 11.1 Å².